The van der Waals surface area contributed by atoms with Gasteiger partial charge in [-0.25, -0.2) is 0 Å². The van der Waals surface area contributed by atoms with Crippen LogP contribution in [-0.2, 0) is 0 Å². The fraction of sp³-hybridized carbons (Fsp3) is 0. The normalized spacial score (nSPS) is 8.67. The Kier molecular flexibility index (Phi) is 3.45. The molecule has 0 aliphatic carbocycles. The minimum atomic E-state index is 1.47. The molecule has 0 atom stereocenters. The Balaban J connectivity index is 3.17. The molecule has 0 saturated heterocycles. The Morgan fingerprint density at radius 2 is 1.33 bits per heavy atom. The van der Waals surface area contributed by atoms with Gasteiger partial charge in [0.05, 0.1) is 0 Å². The van der Waals surface area contributed by atoms with Gasteiger partial charge in [0.25, 0.3) is 0 Å². The van der Waals surface area contributed by atoms with Crippen molar-refractivity contribution in [3.63, 3.8) is 0 Å². The molecule has 0 spiro atoms. The lowest BCUT2D eigenvalue weighted by molar-refractivity contribution is 1.51. The van der Waals surface area contributed by atoms with E-state index in [-0.39, 0.29) is 0 Å². The average Bonchev–Trinajstić information content (AvgIpc) is 1.61. The van der Waals surface area contributed by atoms with Gasteiger partial charge in [-0.2, -0.15) is 0 Å². The molecule has 0 aromatic rings. The molecule has 0 fully saturated rings. The van der Waals surface area contributed by atoms with E-state index in [0.29, 0.717) is 0 Å². The SMILES string of the molecule is C=N/C=C/N=C. The predicted octanol–water partition coefficient (Wildman–Crippen LogP) is 0.859. The fourth-order valence-electron chi connectivity index (χ4n) is 0.0943. The lowest BCUT2D eigenvalue weighted by atomic mass is 10.9. The van der Waals surface area contributed by atoms with Gasteiger partial charge < -0.3 is 0 Å². The lowest BCUT2D eigenvalue weighted by Gasteiger charge is -1.62. The molecule has 0 aliphatic rings. The summed E-state index contributed by atoms with van der Waals surface area (Å²) in [5.41, 5.74) is 0. The van der Waals surface area contributed by atoms with Crippen LogP contribution in [0.2, 0.25) is 0 Å². The van der Waals surface area contributed by atoms with Crippen molar-refractivity contribution in [2.75, 3.05) is 0 Å². The van der Waals surface area contributed by atoms with Crippen molar-refractivity contribution < 1.29 is 0 Å². The maximum Gasteiger partial charge on any atom is 0.0443 e. The van der Waals surface area contributed by atoms with E-state index < -0.39 is 0 Å². The molecule has 6 heavy (non-hydrogen) atoms. The molecule has 0 aromatic carbocycles. The van der Waals surface area contributed by atoms with Crippen LogP contribution in [0.3, 0.4) is 0 Å². The largest absolute Gasteiger partial charge is 0.271 e. The highest BCUT2D eigenvalue weighted by Crippen LogP contribution is 1.68. The van der Waals surface area contributed by atoms with Crippen molar-refractivity contribution in [3.05, 3.63) is 12.4 Å². The Morgan fingerprint density at radius 1 is 1.00 bits per heavy atom. The maximum absolute atomic E-state index is 3.36. The monoisotopic (exact) mass is 82.1 g/mol. The second-order valence-electron chi connectivity index (χ2n) is 0.663. The highest BCUT2D eigenvalue weighted by atomic mass is 14.7. The third-order valence-corrected chi connectivity index (χ3v) is 0.277. The number of hydrogen-bond donors (Lipinski definition) is 0. The molecule has 0 bridgehead atoms. The summed E-state index contributed by atoms with van der Waals surface area (Å²) in [6.45, 7) is 6.35. The molecule has 0 rings (SSSR count). The summed E-state index contributed by atoms with van der Waals surface area (Å²) in [6.07, 6.45) is 2.93. The van der Waals surface area contributed by atoms with Crippen LogP contribution >= 0.6 is 0 Å². The molecule has 2 nitrogen and oxygen atoms in total. The first-order valence-electron chi connectivity index (χ1n) is 1.48. The number of nitrogens with zero attached hydrogens (tertiary/aromatic N) is 2. The highest BCUT2D eigenvalue weighted by Gasteiger charge is 1.47. The Morgan fingerprint density at radius 3 is 1.50 bits per heavy atom. The van der Waals surface area contributed by atoms with Crippen LogP contribution in [0.4, 0.5) is 0 Å². The summed E-state index contributed by atoms with van der Waals surface area (Å²) >= 11 is 0. The fourth-order valence-corrected chi connectivity index (χ4v) is 0.0943. The zero-order valence-electron chi connectivity index (χ0n) is 3.46. The Labute approximate surface area is 36.9 Å². The van der Waals surface area contributed by atoms with Crippen molar-refractivity contribution in [2.45, 2.75) is 0 Å². The van der Waals surface area contributed by atoms with Gasteiger partial charge in [0, 0.05) is 12.4 Å². The van der Waals surface area contributed by atoms with Gasteiger partial charge in [-0.05, 0) is 13.4 Å². The molecule has 0 aromatic heterocycles. The van der Waals surface area contributed by atoms with Gasteiger partial charge >= 0.3 is 0 Å². The van der Waals surface area contributed by atoms with Crippen molar-refractivity contribution >= 4 is 13.4 Å². The van der Waals surface area contributed by atoms with E-state index in [1.54, 1.807) is 0 Å². The molecule has 0 amide bonds. The molecule has 32 valence electrons. The van der Waals surface area contributed by atoms with Gasteiger partial charge in [-0.15, -0.1) is 0 Å². The molecular weight excluding hydrogens is 76.1 g/mol. The Bertz CT molecular complexity index is 63.6. The van der Waals surface area contributed by atoms with E-state index in [1.165, 1.54) is 12.4 Å². The zero-order valence-corrected chi connectivity index (χ0v) is 3.46. The highest BCUT2D eigenvalue weighted by molar-refractivity contribution is 5.27. The van der Waals surface area contributed by atoms with Crippen molar-refractivity contribution in [1.29, 1.82) is 0 Å². The van der Waals surface area contributed by atoms with Crippen LogP contribution in [-0.4, -0.2) is 13.4 Å². The van der Waals surface area contributed by atoms with E-state index in [2.05, 4.69) is 23.4 Å². The minimum absolute atomic E-state index is 1.47. The van der Waals surface area contributed by atoms with Crippen molar-refractivity contribution in [3.8, 4) is 0 Å². The molecule has 0 radical (unpaired) electrons. The van der Waals surface area contributed by atoms with Crippen LogP contribution in [0, 0.1) is 0 Å². The minimum Gasteiger partial charge on any atom is -0.271 e. The van der Waals surface area contributed by atoms with Gasteiger partial charge in [0.1, 0.15) is 0 Å². The molecular formula is C4H6N2. The van der Waals surface area contributed by atoms with Gasteiger partial charge in [-0.3, -0.25) is 9.98 Å². The number of aliphatic imine (C=N–C) groups is 2. The number of rotatable bonds is 2. The van der Waals surface area contributed by atoms with E-state index in [9.17, 15) is 0 Å². The molecule has 0 aliphatic heterocycles. The zero-order chi connectivity index (χ0) is 4.83. The third kappa shape index (κ3) is 3.08. The quantitative estimate of drug-likeness (QED) is 0.441. The van der Waals surface area contributed by atoms with E-state index in [4.69, 9.17) is 0 Å². The summed E-state index contributed by atoms with van der Waals surface area (Å²) in [4.78, 5) is 6.72. The smallest absolute Gasteiger partial charge is 0.0443 e. The van der Waals surface area contributed by atoms with Crippen LogP contribution in [0.25, 0.3) is 0 Å². The summed E-state index contributed by atoms with van der Waals surface area (Å²) in [5.74, 6) is 0. The van der Waals surface area contributed by atoms with Gasteiger partial charge in [-0.1, -0.05) is 0 Å². The maximum atomic E-state index is 3.36. The van der Waals surface area contributed by atoms with Gasteiger partial charge in [0.2, 0.25) is 0 Å². The van der Waals surface area contributed by atoms with E-state index in [0.717, 1.165) is 0 Å². The van der Waals surface area contributed by atoms with Crippen LogP contribution in [0.5, 0.6) is 0 Å². The van der Waals surface area contributed by atoms with Crippen LogP contribution < -0.4 is 0 Å². The molecule has 0 saturated carbocycles. The van der Waals surface area contributed by atoms with Crippen molar-refractivity contribution in [1.82, 2.24) is 0 Å². The standard InChI is InChI=1S/C4H6N2/c1-5-3-4-6-2/h3-4H,1-2H2/b4-3+. The summed E-state index contributed by atoms with van der Waals surface area (Å²) in [7, 11) is 0. The second-order valence-corrected chi connectivity index (χ2v) is 0.663. The van der Waals surface area contributed by atoms with Crippen LogP contribution in [0.1, 0.15) is 0 Å². The first kappa shape index (κ1) is 5.08. The predicted molar refractivity (Wildman–Crippen MR) is 28.2 cm³/mol. The van der Waals surface area contributed by atoms with E-state index in [1.807, 2.05) is 0 Å². The van der Waals surface area contributed by atoms with E-state index >= 15 is 0 Å². The first-order chi connectivity index (χ1) is 2.91. The molecule has 2 heteroatoms. The molecule has 0 unspecified atom stereocenters. The van der Waals surface area contributed by atoms with Crippen LogP contribution in [0.15, 0.2) is 22.4 Å². The molecule has 0 heterocycles. The summed E-state index contributed by atoms with van der Waals surface area (Å²) in [6, 6.07) is 0. The number of hydrogen-bond acceptors (Lipinski definition) is 2. The lowest BCUT2D eigenvalue weighted by Crippen LogP contribution is -1.41. The summed E-state index contributed by atoms with van der Waals surface area (Å²) in [5, 5.41) is 0. The third-order valence-electron chi connectivity index (χ3n) is 0.277. The average molecular weight is 82.1 g/mol. The Hall–Kier alpha value is -0.920. The second kappa shape index (κ2) is 4.08. The topological polar surface area (TPSA) is 24.7 Å². The first-order valence-corrected chi connectivity index (χ1v) is 1.48. The summed E-state index contributed by atoms with van der Waals surface area (Å²) < 4.78 is 0. The molecule has 0 N–H and O–H groups in total. The van der Waals surface area contributed by atoms with Crippen molar-refractivity contribution in [2.24, 2.45) is 9.98 Å². The van der Waals surface area contributed by atoms with Gasteiger partial charge in [0.15, 0.2) is 0 Å².